The molecular formula is C19H21N3O3S. The summed E-state index contributed by atoms with van der Waals surface area (Å²) in [7, 11) is -1.75. The highest BCUT2D eigenvalue weighted by Crippen LogP contribution is 2.32. The summed E-state index contributed by atoms with van der Waals surface area (Å²) in [6, 6.07) is 13.5. The smallest absolute Gasteiger partial charge is 0.211 e. The third-order valence-corrected chi connectivity index (χ3v) is 5.31. The minimum atomic E-state index is -3.27. The zero-order valence-electron chi connectivity index (χ0n) is 14.8. The van der Waals surface area contributed by atoms with Crippen LogP contribution in [0.5, 0.6) is 0 Å². The molecule has 0 amide bonds. The molecule has 3 aromatic rings. The van der Waals surface area contributed by atoms with E-state index in [4.69, 9.17) is 4.42 Å². The number of rotatable bonds is 7. The lowest BCUT2D eigenvalue weighted by Crippen LogP contribution is -2.24. The number of furan rings is 1. The number of benzene rings is 1. The maximum Gasteiger partial charge on any atom is 0.211 e. The van der Waals surface area contributed by atoms with Crippen LogP contribution in [0.15, 0.2) is 65.9 Å². The normalized spacial score (nSPS) is 11.8. The summed E-state index contributed by atoms with van der Waals surface area (Å²) >= 11 is 0. The Hall–Kier alpha value is -2.64. The van der Waals surface area contributed by atoms with Gasteiger partial charge in [-0.25, -0.2) is 13.4 Å². The zero-order valence-corrected chi connectivity index (χ0v) is 15.6. The second-order valence-electron chi connectivity index (χ2n) is 6.03. The molecule has 2 heterocycles. The van der Waals surface area contributed by atoms with Crippen molar-refractivity contribution >= 4 is 10.0 Å². The SMILES string of the molecule is C=CCn1cnc(-c2ccccc2)c1-c1ccc(CN(C)S(C)(=O)=O)o1. The molecule has 0 saturated carbocycles. The van der Waals surface area contributed by atoms with E-state index < -0.39 is 10.0 Å². The predicted octanol–water partition coefficient (Wildman–Crippen LogP) is 3.39. The molecule has 0 aliphatic heterocycles. The number of sulfonamides is 1. The summed E-state index contributed by atoms with van der Waals surface area (Å²) in [5, 5.41) is 0. The monoisotopic (exact) mass is 371 g/mol. The van der Waals surface area contributed by atoms with Gasteiger partial charge in [-0.15, -0.1) is 6.58 Å². The van der Waals surface area contributed by atoms with Crippen molar-refractivity contribution in [2.24, 2.45) is 0 Å². The molecule has 136 valence electrons. The van der Waals surface area contributed by atoms with Gasteiger partial charge in [-0.2, -0.15) is 4.31 Å². The summed E-state index contributed by atoms with van der Waals surface area (Å²) < 4.78 is 32.4. The van der Waals surface area contributed by atoms with Crippen LogP contribution < -0.4 is 0 Å². The van der Waals surface area contributed by atoms with Crippen molar-refractivity contribution in [2.75, 3.05) is 13.3 Å². The van der Waals surface area contributed by atoms with E-state index in [0.29, 0.717) is 18.1 Å². The number of nitrogens with zero attached hydrogens (tertiary/aromatic N) is 3. The maximum atomic E-state index is 11.6. The fourth-order valence-electron chi connectivity index (χ4n) is 2.65. The van der Waals surface area contributed by atoms with Crippen LogP contribution in [0.1, 0.15) is 5.76 Å². The van der Waals surface area contributed by atoms with E-state index in [-0.39, 0.29) is 6.54 Å². The van der Waals surface area contributed by atoms with Gasteiger partial charge >= 0.3 is 0 Å². The number of hydrogen-bond acceptors (Lipinski definition) is 4. The average Bonchev–Trinajstić information content (AvgIpc) is 3.22. The van der Waals surface area contributed by atoms with E-state index >= 15 is 0 Å². The first-order chi connectivity index (χ1) is 12.4. The molecule has 0 aliphatic rings. The van der Waals surface area contributed by atoms with Crippen LogP contribution in [-0.2, 0) is 23.1 Å². The highest BCUT2D eigenvalue weighted by atomic mass is 32.2. The third-order valence-electron chi connectivity index (χ3n) is 4.05. The molecule has 0 unspecified atom stereocenters. The Morgan fingerprint density at radius 1 is 1.23 bits per heavy atom. The lowest BCUT2D eigenvalue weighted by molar-refractivity contribution is 0.412. The van der Waals surface area contributed by atoms with Crippen molar-refractivity contribution in [1.29, 1.82) is 0 Å². The number of imidazole rings is 1. The lowest BCUT2D eigenvalue weighted by Gasteiger charge is -2.12. The molecule has 6 nitrogen and oxygen atoms in total. The van der Waals surface area contributed by atoms with E-state index in [9.17, 15) is 8.42 Å². The van der Waals surface area contributed by atoms with Crippen LogP contribution in [0, 0.1) is 0 Å². The second-order valence-corrected chi connectivity index (χ2v) is 8.12. The topological polar surface area (TPSA) is 68.3 Å². The lowest BCUT2D eigenvalue weighted by atomic mass is 10.1. The van der Waals surface area contributed by atoms with Crippen molar-refractivity contribution < 1.29 is 12.8 Å². The van der Waals surface area contributed by atoms with Gasteiger partial charge in [0, 0.05) is 19.2 Å². The van der Waals surface area contributed by atoms with Crippen LogP contribution in [0.3, 0.4) is 0 Å². The zero-order chi connectivity index (χ0) is 18.7. The Bertz CT molecular complexity index is 1000. The predicted molar refractivity (Wildman–Crippen MR) is 102 cm³/mol. The van der Waals surface area contributed by atoms with Crippen molar-refractivity contribution in [1.82, 2.24) is 13.9 Å². The molecular weight excluding hydrogens is 350 g/mol. The standard InChI is InChI=1S/C19H21N3O3S/c1-4-12-22-14-20-18(15-8-6-5-7-9-15)19(22)17-11-10-16(25-17)13-21(2)26(3,23)24/h4-11,14H,1,12-13H2,2-3H3. The number of hydrogen-bond donors (Lipinski definition) is 0. The summed E-state index contributed by atoms with van der Waals surface area (Å²) in [5.41, 5.74) is 2.63. The molecule has 2 aromatic heterocycles. The molecule has 7 heteroatoms. The average molecular weight is 371 g/mol. The Morgan fingerprint density at radius 2 is 1.96 bits per heavy atom. The van der Waals surface area contributed by atoms with E-state index in [1.54, 1.807) is 18.5 Å². The minimum absolute atomic E-state index is 0.176. The molecule has 3 rings (SSSR count). The van der Waals surface area contributed by atoms with Gasteiger partial charge in [-0.05, 0) is 12.1 Å². The summed E-state index contributed by atoms with van der Waals surface area (Å²) in [6.45, 7) is 4.56. The molecule has 0 N–H and O–H groups in total. The van der Waals surface area contributed by atoms with Gasteiger partial charge in [-0.1, -0.05) is 36.4 Å². The maximum absolute atomic E-state index is 11.6. The van der Waals surface area contributed by atoms with Gasteiger partial charge in [0.1, 0.15) is 11.5 Å². The fraction of sp³-hybridized carbons (Fsp3) is 0.211. The van der Waals surface area contributed by atoms with Gasteiger partial charge in [0.25, 0.3) is 0 Å². The molecule has 0 bridgehead atoms. The molecule has 0 saturated heterocycles. The van der Waals surface area contributed by atoms with Crippen LogP contribution in [0.2, 0.25) is 0 Å². The summed E-state index contributed by atoms with van der Waals surface area (Å²) in [4.78, 5) is 4.54. The summed E-state index contributed by atoms with van der Waals surface area (Å²) in [5.74, 6) is 1.21. The second kappa shape index (κ2) is 7.31. The Kier molecular flexibility index (Phi) is 5.11. The molecule has 0 radical (unpaired) electrons. The largest absolute Gasteiger partial charge is 0.458 e. The quantitative estimate of drug-likeness (QED) is 0.597. The first-order valence-electron chi connectivity index (χ1n) is 8.12. The van der Waals surface area contributed by atoms with E-state index in [0.717, 1.165) is 17.0 Å². The highest BCUT2D eigenvalue weighted by Gasteiger charge is 2.19. The highest BCUT2D eigenvalue weighted by molar-refractivity contribution is 7.88. The van der Waals surface area contributed by atoms with Gasteiger partial charge in [-0.3, -0.25) is 0 Å². The summed E-state index contributed by atoms with van der Waals surface area (Å²) in [6.07, 6.45) is 4.72. The van der Waals surface area contributed by atoms with E-state index in [1.807, 2.05) is 41.0 Å². The Balaban J connectivity index is 2.01. The third kappa shape index (κ3) is 3.79. The van der Waals surface area contributed by atoms with Gasteiger partial charge in [0.15, 0.2) is 5.76 Å². The van der Waals surface area contributed by atoms with Crippen LogP contribution in [0.4, 0.5) is 0 Å². The first kappa shape index (κ1) is 18.2. The fourth-order valence-corrected chi connectivity index (χ4v) is 3.01. The van der Waals surface area contributed by atoms with Crippen molar-refractivity contribution in [3.8, 4) is 22.7 Å². The van der Waals surface area contributed by atoms with Crippen LogP contribution in [-0.4, -0.2) is 35.6 Å². The van der Waals surface area contributed by atoms with Crippen molar-refractivity contribution in [2.45, 2.75) is 13.1 Å². The van der Waals surface area contributed by atoms with Crippen LogP contribution >= 0.6 is 0 Å². The number of allylic oxidation sites excluding steroid dienone is 1. The molecule has 26 heavy (non-hydrogen) atoms. The molecule has 0 aliphatic carbocycles. The first-order valence-corrected chi connectivity index (χ1v) is 9.97. The Morgan fingerprint density at radius 3 is 2.62 bits per heavy atom. The van der Waals surface area contributed by atoms with Crippen LogP contribution in [0.25, 0.3) is 22.7 Å². The van der Waals surface area contributed by atoms with Crippen molar-refractivity contribution in [3.05, 3.63) is 67.2 Å². The molecule has 0 fully saturated rings. The molecule has 0 atom stereocenters. The van der Waals surface area contributed by atoms with Gasteiger partial charge in [0.2, 0.25) is 10.0 Å². The van der Waals surface area contributed by atoms with E-state index in [1.165, 1.54) is 17.6 Å². The van der Waals surface area contributed by atoms with Crippen molar-refractivity contribution in [3.63, 3.8) is 0 Å². The molecule has 0 spiro atoms. The van der Waals surface area contributed by atoms with Gasteiger partial charge in [0.05, 0.1) is 24.8 Å². The Labute approximate surface area is 153 Å². The number of aromatic nitrogens is 2. The van der Waals surface area contributed by atoms with E-state index in [2.05, 4.69) is 11.6 Å². The van der Waals surface area contributed by atoms with Gasteiger partial charge < -0.3 is 8.98 Å². The minimum Gasteiger partial charge on any atom is -0.458 e. The molecule has 1 aromatic carbocycles.